The van der Waals surface area contributed by atoms with E-state index in [0.717, 1.165) is 11.3 Å². The molecule has 4 nitrogen and oxygen atoms in total. The molecular formula is C7H10ClN3OS. The first kappa shape index (κ1) is 10.4. The molecule has 0 amide bonds. The van der Waals surface area contributed by atoms with Crippen LogP contribution in [0.15, 0.2) is 17.5 Å². The SMILES string of the molecule is Cn1cc(C(=NO)SCCCl)cn1. The Labute approximate surface area is 85.6 Å². The van der Waals surface area contributed by atoms with E-state index in [1.807, 2.05) is 7.05 Å². The Morgan fingerprint density at radius 3 is 3.08 bits per heavy atom. The van der Waals surface area contributed by atoms with Gasteiger partial charge in [-0.1, -0.05) is 5.16 Å². The quantitative estimate of drug-likeness (QED) is 0.276. The molecule has 13 heavy (non-hydrogen) atoms. The summed E-state index contributed by atoms with van der Waals surface area (Å²) in [6.07, 6.45) is 3.44. The first-order valence-corrected chi connectivity index (χ1v) is 5.19. The minimum atomic E-state index is 0.532. The number of hydrogen-bond donors (Lipinski definition) is 1. The van der Waals surface area contributed by atoms with Crippen molar-refractivity contribution in [1.82, 2.24) is 9.78 Å². The summed E-state index contributed by atoms with van der Waals surface area (Å²) >= 11 is 6.92. The van der Waals surface area contributed by atoms with Crippen LogP contribution in [0.4, 0.5) is 0 Å². The number of rotatable bonds is 3. The molecule has 0 unspecified atom stereocenters. The summed E-state index contributed by atoms with van der Waals surface area (Å²) in [5.74, 6) is 1.25. The maximum absolute atomic E-state index is 8.70. The molecule has 0 saturated carbocycles. The van der Waals surface area contributed by atoms with Gasteiger partial charge in [-0.2, -0.15) is 5.10 Å². The Morgan fingerprint density at radius 2 is 2.62 bits per heavy atom. The van der Waals surface area contributed by atoms with Crippen LogP contribution >= 0.6 is 23.4 Å². The topological polar surface area (TPSA) is 50.4 Å². The van der Waals surface area contributed by atoms with Gasteiger partial charge in [-0.05, 0) is 0 Å². The molecule has 0 aliphatic rings. The van der Waals surface area contributed by atoms with Crippen molar-refractivity contribution in [3.63, 3.8) is 0 Å². The summed E-state index contributed by atoms with van der Waals surface area (Å²) in [5, 5.41) is 16.4. The van der Waals surface area contributed by atoms with Crippen LogP contribution in [0, 0.1) is 0 Å². The number of hydrogen-bond acceptors (Lipinski definition) is 4. The maximum Gasteiger partial charge on any atom is 0.146 e. The van der Waals surface area contributed by atoms with Crippen molar-refractivity contribution < 1.29 is 5.21 Å². The third-order valence-electron chi connectivity index (χ3n) is 1.36. The summed E-state index contributed by atoms with van der Waals surface area (Å²) < 4.78 is 1.65. The smallest absolute Gasteiger partial charge is 0.146 e. The molecule has 0 aromatic carbocycles. The molecule has 1 aromatic rings. The highest BCUT2D eigenvalue weighted by atomic mass is 35.5. The molecule has 0 radical (unpaired) electrons. The first-order chi connectivity index (χ1) is 6.27. The lowest BCUT2D eigenvalue weighted by molar-refractivity contribution is 0.321. The molecular weight excluding hydrogens is 210 g/mol. The highest BCUT2D eigenvalue weighted by Crippen LogP contribution is 2.12. The largest absolute Gasteiger partial charge is 0.410 e. The lowest BCUT2D eigenvalue weighted by Crippen LogP contribution is -1.96. The number of thioether (sulfide) groups is 1. The van der Waals surface area contributed by atoms with Crippen molar-refractivity contribution in [3.8, 4) is 0 Å². The molecule has 1 heterocycles. The highest BCUT2D eigenvalue weighted by molar-refractivity contribution is 8.14. The maximum atomic E-state index is 8.70. The van der Waals surface area contributed by atoms with E-state index >= 15 is 0 Å². The van der Waals surface area contributed by atoms with Crippen molar-refractivity contribution in [2.24, 2.45) is 12.2 Å². The molecule has 0 aliphatic heterocycles. The van der Waals surface area contributed by atoms with E-state index in [-0.39, 0.29) is 0 Å². The van der Waals surface area contributed by atoms with E-state index in [2.05, 4.69) is 10.3 Å². The molecule has 1 rings (SSSR count). The molecule has 0 spiro atoms. The van der Waals surface area contributed by atoms with Gasteiger partial charge in [-0.25, -0.2) is 0 Å². The van der Waals surface area contributed by atoms with Gasteiger partial charge in [0.25, 0.3) is 0 Å². The fourth-order valence-electron chi connectivity index (χ4n) is 0.837. The Morgan fingerprint density at radius 1 is 1.85 bits per heavy atom. The van der Waals surface area contributed by atoms with Crippen LogP contribution in [-0.4, -0.2) is 31.7 Å². The average Bonchev–Trinajstić information content (AvgIpc) is 2.54. The second kappa shape index (κ2) is 5.14. The molecule has 0 fully saturated rings. The Bertz CT molecular complexity index is 300. The van der Waals surface area contributed by atoms with E-state index in [1.54, 1.807) is 17.1 Å². The zero-order chi connectivity index (χ0) is 9.68. The summed E-state index contributed by atoms with van der Waals surface area (Å²) in [5.41, 5.74) is 0.806. The Hall–Kier alpha value is -0.680. The number of oxime groups is 1. The average molecular weight is 220 g/mol. The highest BCUT2D eigenvalue weighted by Gasteiger charge is 2.06. The number of alkyl halides is 1. The van der Waals surface area contributed by atoms with Crippen molar-refractivity contribution in [2.45, 2.75) is 0 Å². The van der Waals surface area contributed by atoms with Crippen LogP contribution in [0.3, 0.4) is 0 Å². The number of aromatic nitrogens is 2. The van der Waals surface area contributed by atoms with Crippen LogP contribution in [-0.2, 0) is 7.05 Å². The lowest BCUT2D eigenvalue weighted by Gasteiger charge is -1.97. The predicted molar refractivity (Wildman–Crippen MR) is 54.7 cm³/mol. The fourth-order valence-corrected chi connectivity index (χ4v) is 1.67. The zero-order valence-electron chi connectivity index (χ0n) is 7.14. The van der Waals surface area contributed by atoms with Crippen LogP contribution in [0.5, 0.6) is 0 Å². The Balaban J connectivity index is 2.68. The normalized spacial score (nSPS) is 12.0. The summed E-state index contributed by atoms with van der Waals surface area (Å²) in [4.78, 5) is 0. The first-order valence-electron chi connectivity index (χ1n) is 3.67. The van der Waals surface area contributed by atoms with Gasteiger partial charge in [0, 0.05) is 30.4 Å². The van der Waals surface area contributed by atoms with Crippen LogP contribution in [0.1, 0.15) is 5.56 Å². The lowest BCUT2D eigenvalue weighted by atomic mass is 10.4. The third-order valence-corrected chi connectivity index (χ3v) is 2.77. The van der Waals surface area contributed by atoms with Gasteiger partial charge in [0.05, 0.1) is 6.20 Å². The van der Waals surface area contributed by atoms with E-state index in [0.29, 0.717) is 10.9 Å². The molecule has 72 valence electrons. The predicted octanol–water partition coefficient (Wildman–Crippen LogP) is 1.53. The van der Waals surface area contributed by atoms with Gasteiger partial charge in [0.15, 0.2) is 0 Å². The van der Waals surface area contributed by atoms with Gasteiger partial charge in [-0.15, -0.1) is 23.4 Å². The minimum absolute atomic E-state index is 0.532. The van der Waals surface area contributed by atoms with Gasteiger partial charge < -0.3 is 5.21 Å². The summed E-state index contributed by atoms with van der Waals surface area (Å²) in [6, 6.07) is 0. The second-order valence-electron chi connectivity index (χ2n) is 2.35. The number of nitrogens with zero attached hydrogens (tertiary/aromatic N) is 3. The van der Waals surface area contributed by atoms with Crippen LogP contribution in [0.25, 0.3) is 0 Å². The fraction of sp³-hybridized carbons (Fsp3) is 0.429. The van der Waals surface area contributed by atoms with E-state index in [1.165, 1.54) is 11.8 Å². The summed E-state index contributed by atoms with van der Waals surface area (Å²) in [6.45, 7) is 0. The monoisotopic (exact) mass is 219 g/mol. The molecule has 6 heteroatoms. The number of aryl methyl sites for hydroxylation is 1. The van der Waals surface area contributed by atoms with Crippen LogP contribution < -0.4 is 0 Å². The molecule has 0 atom stereocenters. The summed E-state index contributed by atoms with van der Waals surface area (Å²) in [7, 11) is 1.81. The van der Waals surface area contributed by atoms with Crippen molar-refractivity contribution in [2.75, 3.05) is 11.6 Å². The standard InChI is InChI=1S/C7H10ClN3OS/c1-11-5-6(4-9-11)7(10-12)13-3-2-8/h4-5,12H,2-3H2,1H3. The van der Waals surface area contributed by atoms with Gasteiger partial charge in [0.1, 0.15) is 5.04 Å². The zero-order valence-corrected chi connectivity index (χ0v) is 8.72. The Kier molecular flexibility index (Phi) is 4.11. The van der Waals surface area contributed by atoms with Crippen molar-refractivity contribution >= 4 is 28.4 Å². The van der Waals surface area contributed by atoms with Crippen molar-refractivity contribution in [3.05, 3.63) is 18.0 Å². The molecule has 0 bridgehead atoms. The van der Waals surface area contributed by atoms with E-state index in [4.69, 9.17) is 16.8 Å². The third kappa shape index (κ3) is 2.93. The van der Waals surface area contributed by atoms with E-state index in [9.17, 15) is 0 Å². The van der Waals surface area contributed by atoms with E-state index < -0.39 is 0 Å². The number of halogens is 1. The van der Waals surface area contributed by atoms with Gasteiger partial charge >= 0.3 is 0 Å². The molecule has 1 aromatic heterocycles. The van der Waals surface area contributed by atoms with Crippen molar-refractivity contribution in [1.29, 1.82) is 0 Å². The second-order valence-corrected chi connectivity index (χ2v) is 3.81. The van der Waals surface area contributed by atoms with Gasteiger partial charge in [0.2, 0.25) is 0 Å². The van der Waals surface area contributed by atoms with Crippen LogP contribution in [0.2, 0.25) is 0 Å². The molecule has 0 aliphatic carbocycles. The molecule has 0 saturated heterocycles. The molecule has 1 N–H and O–H groups in total. The van der Waals surface area contributed by atoms with Gasteiger partial charge in [-0.3, -0.25) is 4.68 Å². The minimum Gasteiger partial charge on any atom is -0.410 e.